The Labute approximate surface area is 97.3 Å². The molecule has 0 aromatic heterocycles. The smallest absolute Gasteiger partial charge is 0.0956 e. The van der Waals surface area contributed by atoms with Crippen LogP contribution in [-0.4, -0.2) is 12.6 Å². The molecule has 0 heterocycles. The van der Waals surface area contributed by atoms with Crippen LogP contribution in [0.3, 0.4) is 0 Å². The molecule has 1 atom stereocenters. The molecule has 1 aliphatic carbocycles. The highest BCUT2D eigenvalue weighted by molar-refractivity contribution is 5.15. The van der Waals surface area contributed by atoms with E-state index in [1.54, 1.807) is 0 Å². The maximum atomic E-state index is 9.02. The first kappa shape index (κ1) is 11.2. The Morgan fingerprint density at radius 3 is 2.69 bits per heavy atom. The first-order valence-electron chi connectivity index (χ1n) is 6.05. The van der Waals surface area contributed by atoms with Crippen LogP contribution < -0.4 is 5.32 Å². The van der Waals surface area contributed by atoms with Crippen molar-refractivity contribution in [3.63, 3.8) is 0 Å². The summed E-state index contributed by atoms with van der Waals surface area (Å²) in [4.78, 5) is 0. The molecule has 0 bridgehead atoms. The van der Waals surface area contributed by atoms with Gasteiger partial charge in [-0.25, -0.2) is 0 Å². The summed E-state index contributed by atoms with van der Waals surface area (Å²) in [7, 11) is 0. The van der Waals surface area contributed by atoms with E-state index in [4.69, 9.17) is 5.26 Å². The quantitative estimate of drug-likeness (QED) is 0.789. The van der Waals surface area contributed by atoms with Crippen molar-refractivity contribution in [1.82, 2.24) is 5.32 Å². The van der Waals surface area contributed by atoms with Gasteiger partial charge in [-0.05, 0) is 43.7 Å². The van der Waals surface area contributed by atoms with E-state index >= 15 is 0 Å². The molecule has 0 spiro atoms. The van der Waals surface area contributed by atoms with Gasteiger partial charge in [-0.15, -0.1) is 0 Å². The summed E-state index contributed by atoms with van der Waals surface area (Å²) in [6.07, 6.45) is 4.57. The number of hydrogen-bond donors (Lipinski definition) is 1. The number of aryl methyl sites for hydroxylation is 1. The van der Waals surface area contributed by atoms with E-state index in [1.807, 2.05) is 18.2 Å². The second-order valence-corrected chi connectivity index (χ2v) is 4.56. The number of nitrogens with zero attached hydrogens (tertiary/aromatic N) is 1. The molecule has 1 fully saturated rings. The first-order valence-corrected chi connectivity index (χ1v) is 6.05. The van der Waals surface area contributed by atoms with Crippen LogP contribution in [0.1, 0.15) is 24.8 Å². The van der Waals surface area contributed by atoms with E-state index in [9.17, 15) is 0 Å². The van der Waals surface area contributed by atoms with Crippen LogP contribution in [0.5, 0.6) is 0 Å². The number of benzene rings is 1. The lowest BCUT2D eigenvalue weighted by Crippen LogP contribution is -2.29. The fourth-order valence-electron chi connectivity index (χ4n) is 1.80. The monoisotopic (exact) mass is 214 g/mol. The highest BCUT2D eigenvalue weighted by Crippen LogP contribution is 2.27. The third-order valence-corrected chi connectivity index (χ3v) is 3.07. The molecule has 0 radical (unpaired) electrons. The van der Waals surface area contributed by atoms with Crippen LogP contribution in [0.4, 0.5) is 0 Å². The molecule has 2 heteroatoms. The highest BCUT2D eigenvalue weighted by atomic mass is 14.9. The normalized spacial score (nSPS) is 16.7. The van der Waals surface area contributed by atoms with E-state index in [0.717, 1.165) is 25.3 Å². The molecule has 1 aromatic carbocycles. The zero-order valence-corrected chi connectivity index (χ0v) is 9.52. The number of nitriles is 1. The Morgan fingerprint density at radius 2 is 2.06 bits per heavy atom. The molecule has 1 N–H and O–H groups in total. The Kier molecular flexibility index (Phi) is 3.96. The van der Waals surface area contributed by atoms with Gasteiger partial charge in [0.05, 0.1) is 12.1 Å². The lowest BCUT2D eigenvalue weighted by atomic mass is 10.1. The summed E-state index contributed by atoms with van der Waals surface area (Å²) in [5.74, 6) is 0.840. The fourth-order valence-corrected chi connectivity index (χ4v) is 1.80. The fraction of sp³-hybridized carbons (Fsp3) is 0.500. The Morgan fingerprint density at radius 1 is 1.31 bits per heavy atom. The van der Waals surface area contributed by atoms with E-state index in [0.29, 0.717) is 0 Å². The lowest BCUT2D eigenvalue weighted by Gasteiger charge is -2.10. The SMILES string of the molecule is N#CC(CCc1ccccc1)NCC1CC1. The van der Waals surface area contributed by atoms with E-state index < -0.39 is 0 Å². The van der Waals surface area contributed by atoms with Gasteiger partial charge < -0.3 is 5.32 Å². The van der Waals surface area contributed by atoms with Crippen LogP contribution >= 0.6 is 0 Å². The van der Waals surface area contributed by atoms with Crippen LogP contribution in [0, 0.1) is 17.2 Å². The van der Waals surface area contributed by atoms with Gasteiger partial charge in [0.25, 0.3) is 0 Å². The largest absolute Gasteiger partial charge is 0.302 e. The van der Waals surface area contributed by atoms with Crippen molar-refractivity contribution in [3.05, 3.63) is 35.9 Å². The molecule has 2 rings (SSSR count). The summed E-state index contributed by atoms with van der Waals surface area (Å²) in [5, 5.41) is 12.4. The minimum Gasteiger partial charge on any atom is -0.302 e. The van der Waals surface area contributed by atoms with Gasteiger partial charge in [-0.1, -0.05) is 30.3 Å². The zero-order valence-electron chi connectivity index (χ0n) is 9.52. The van der Waals surface area contributed by atoms with Crippen LogP contribution in [0.25, 0.3) is 0 Å². The van der Waals surface area contributed by atoms with Crippen molar-refractivity contribution in [1.29, 1.82) is 5.26 Å². The van der Waals surface area contributed by atoms with E-state index in [-0.39, 0.29) is 6.04 Å². The summed E-state index contributed by atoms with van der Waals surface area (Å²) in [6.45, 7) is 1.02. The van der Waals surface area contributed by atoms with Gasteiger partial charge in [0, 0.05) is 0 Å². The lowest BCUT2D eigenvalue weighted by molar-refractivity contribution is 0.543. The summed E-state index contributed by atoms with van der Waals surface area (Å²) < 4.78 is 0. The van der Waals surface area contributed by atoms with Gasteiger partial charge in [-0.2, -0.15) is 5.26 Å². The zero-order chi connectivity index (χ0) is 11.2. The van der Waals surface area contributed by atoms with Crippen LogP contribution in [0.15, 0.2) is 30.3 Å². The maximum Gasteiger partial charge on any atom is 0.0956 e. The van der Waals surface area contributed by atoms with Crippen LogP contribution in [0.2, 0.25) is 0 Å². The third-order valence-electron chi connectivity index (χ3n) is 3.07. The van der Waals surface area contributed by atoms with Crippen LogP contribution in [-0.2, 0) is 6.42 Å². The molecule has 0 amide bonds. The van der Waals surface area contributed by atoms with Crippen molar-refractivity contribution in [2.24, 2.45) is 5.92 Å². The minimum atomic E-state index is 0.0146. The average Bonchev–Trinajstić information content (AvgIpc) is 3.15. The average molecular weight is 214 g/mol. The predicted octanol–water partition coefficient (Wildman–Crippen LogP) is 2.51. The summed E-state index contributed by atoms with van der Waals surface area (Å²) >= 11 is 0. The molecule has 84 valence electrons. The van der Waals surface area contributed by atoms with Crippen molar-refractivity contribution >= 4 is 0 Å². The summed E-state index contributed by atoms with van der Waals surface area (Å²) in [5.41, 5.74) is 1.32. The van der Waals surface area contributed by atoms with E-state index in [1.165, 1.54) is 18.4 Å². The number of rotatable bonds is 6. The second-order valence-electron chi connectivity index (χ2n) is 4.56. The minimum absolute atomic E-state index is 0.0146. The molecule has 0 aliphatic heterocycles. The third kappa shape index (κ3) is 3.67. The van der Waals surface area contributed by atoms with Gasteiger partial charge in [-0.3, -0.25) is 0 Å². The maximum absolute atomic E-state index is 9.02. The number of nitrogens with one attached hydrogen (secondary N) is 1. The molecule has 2 nitrogen and oxygen atoms in total. The van der Waals surface area contributed by atoms with Crippen molar-refractivity contribution in [2.45, 2.75) is 31.7 Å². The molecular formula is C14H18N2. The Bertz CT molecular complexity index is 349. The first-order chi connectivity index (χ1) is 7.88. The Balaban J connectivity index is 1.72. The van der Waals surface area contributed by atoms with Crippen molar-refractivity contribution in [2.75, 3.05) is 6.54 Å². The van der Waals surface area contributed by atoms with Crippen molar-refractivity contribution in [3.8, 4) is 6.07 Å². The van der Waals surface area contributed by atoms with Gasteiger partial charge >= 0.3 is 0 Å². The Hall–Kier alpha value is -1.33. The molecular weight excluding hydrogens is 196 g/mol. The molecule has 1 unspecified atom stereocenters. The molecule has 16 heavy (non-hydrogen) atoms. The molecule has 1 aliphatic rings. The molecule has 1 saturated carbocycles. The summed E-state index contributed by atoms with van der Waals surface area (Å²) in [6, 6.07) is 12.7. The van der Waals surface area contributed by atoms with Gasteiger partial charge in [0.1, 0.15) is 0 Å². The second kappa shape index (κ2) is 5.67. The predicted molar refractivity (Wildman–Crippen MR) is 64.9 cm³/mol. The van der Waals surface area contributed by atoms with Crippen molar-refractivity contribution < 1.29 is 0 Å². The van der Waals surface area contributed by atoms with Gasteiger partial charge in [0.2, 0.25) is 0 Å². The number of hydrogen-bond acceptors (Lipinski definition) is 2. The highest BCUT2D eigenvalue weighted by Gasteiger charge is 2.21. The molecule has 0 saturated heterocycles. The van der Waals surface area contributed by atoms with Gasteiger partial charge in [0.15, 0.2) is 0 Å². The molecule has 1 aromatic rings. The topological polar surface area (TPSA) is 35.8 Å². The standard InChI is InChI=1S/C14H18N2/c15-10-14(16-11-13-6-7-13)9-8-12-4-2-1-3-5-12/h1-5,13-14,16H,6-9,11H2. The van der Waals surface area contributed by atoms with E-state index in [2.05, 4.69) is 23.5 Å².